The third-order valence-corrected chi connectivity index (χ3v) is 6.11. The van der Waals surface area contributed by atoms with Crippen LogP contribution in [0.3, 0.4) is 0 Å². The summed E-state index contributed by atoms with van der Waals surface area (Å²) in [5.74, 6) is 0.439. The molecule has 4 rings (SSSR count). The molecule has 0 spiro atoms. The lowest BCUT2D eigenvalue weighted by Crippen LogP contribution is -2.35. The van der Waals surface area contributed by atoms with Crippen LogP contribution in [0.1, 0.15) is 55.2 Å². The van der Waals surface area contributed by atoms with Gasteiger partial charge in [0, 0.05) is 25.2 Å². The standard InChI is InChI=1S/C23H26N6O2/c1-25-20(30)16-5-7-18-14(11-16)3-4-15-12-17(21(31)26-2)6-8-19(15)23(18,9-10-24)22-27-13-28-29-22/h5-8,11-13H,3-4,9-10,24H2,1-2H3,(H,25,30)(H,26,31)(H,27,28,29). The Morgan fingerprint density at radius 2 is 1.55 bits per heavy atom. The third kappa shape index (κ3) is 3.38. The molecule has 8 heteroatoms. The van der Waals surface area contributed by atoms with Crippen molar-refractivity contribution in [2.45, 2.75) is 24.7 Å². The number of benzene rings is 2. The van der Waals surface area contributed by atoms with Crippen LogP contribution in [-0.4, -0.2) is 47.6 Å². The minimum atomic E-state index is -0.658. The predicted molar refractivity (Wildman–Crippen MR) is 117 cm³/mol. The zero-order chi connectivity index (χ0) is 22.0. The molecular weight excluding hydrogens is 392 g/mol. The van der Waals surface area contributed by atoms with Crippen molar-refractivity contribution in [2.75, 3.05) is 20.6 Å². The van der Waals surface area contributed by atoms with Crippen LogP contribution >= 0.6 is 0 Å². The molecule has 8 nitrogen and oxygen atoms in total. The second-order valence-electron chi connectivity index (χ2n) is 7.68. The summed E-state index contributed by atoms with van der Waals surface area (Å²) in [6, 6.07) is 11.6. The average Bonchev–Trinajstić information content (AvgIpc) is 3.31. The fraction of sp³-hybridized carbons (Fsp3) is 0.304. The van der Waals surface area contributed by atoms with Gasteiger partial charge in [0.05, 0.1) is 5.41 Å². The molecule has 1 aliphatic rings. The van der Waals surface area contributed by atoms with E-state index in [9.17, 15) is 9.59 Å². The summed E-state index contributed by atoms with van der Waals surface area (Å²) in [4.78, 5) is 29.1. The van der Waals surface area contributed by atoms with Crippen molar-refractivity contribution in [3.8, 4) is 0 Å². The maximum atomic E-state index is 12.3. The lowest BCUT2D eigenvalue weighted by molar-refractivity contribution is 0.0955. The number of fused-ring (bicyclic) bond motifs is 2. The Morgan fingerprint density at radius 3 is 1.97 bits per heavy atom. The van der Waals surface area contributed by atoms with E-state index in [4.69, 9.17) is 5.73 Å². The molecule has 0 aliphatic heterocycles. The van der Waals surface area contributed by atoms with Crippen LogP contribution in [0.15, 0.2) is 42.7 Å². The highest BCUT2D eigenvalue weighted by Gasteiger charge is 2.43. The van der Waals surface area contributed by atoms with Gasteiger partial charge in [0.2, 0.25) is 0 Å². The molecule has 0 bridgehead atoms. The number of hydrogen-bond donors (Lipinski definition) is 4. The summed E-state index contributed by atoms with van der Waals surface area (Å²) < 4.78 is 0. The van der Waals surface area contributed by atoms with Crippen LogP contribution in [-0.2, 0) is 18.3 Å². The highest BCUT2D eigenvalue weighted by atomic mass is 16.2. The molecule has 3 aromatic rings. The van der Waals surface area contributed by atoms with Crippen LogP contribution in [0.5, 0.6) is 0 Å². The number of aromatic amines is 1. The Balaban J connectivity index is 2.00. The molecule has 0 saturated carbocycles. The summed E-state index contributed by atoms with van der Waals surface area (Å²) in [6.45, 7) is 0.425. The Kier molecular flexibility index (Phi) is 5.56. The number of carbonyl (C=O) groups excluding carboxylic acids is 2. The van der Waals surface area contributed by atoms with E-state index in [0.717, 1.165) is 35.1 Å². The molecule has 5 N–H and O–H groups in total. The molecule has 0 atom stereocenters. The number of rotatable bonds is 5. The highest BCUT2D eigenvalue weighted by molar-refractivity contribution is 5.95. The van der Waals surface area contributed by atoms with Gasteiger partial charge in [-0.15, -0.1) is 0 Å². The van der Waals surface area contributed by atoms with Gasteiger partial charge < -0.3 is 16.4 Å². The number of carbonyl (C=O) groups is 2. The number of aryl methyl sites for hydroxylation is 2. The minimum absolute atomic E-state index is 0.129. The molecule has 0 fully saturated rings. The molecule has 1 heterocycles. The van der Waals surface area contributed by atoms with Crippen molar-refractivity contribution in [2.24, 2.45) is 5.73 Å². The summed E-state index contributed by atoms with van der Waals surface area (Å²) in [7, 11) is 3.24. The molecule has 160 valence electrons. The first-order valence-electron chi connectivity index (χ1n) is 10.3. The predicted octanol–water partition coefficient (Wildman–Crippen LogP) is 1.31. The first-order valence-corrected chi connectivity index (χ1v) is 10.3. The topological polar surface area (TPSA) is 126 Å². The van der Waals surface area contributed by atoms with Crippen LogP contribution in [0.25, 0.3) is 0 Å². The fourth-order valence-electron chi connectivity index (χ4n) is 4.69. The molecule has 31 heavy (non-hydrogen) atoms. The van der Waals surface area contributed by atoms with E-state index in [1.165, 1.54) is 6.33 Å². The van der Waals surface area contributed by atoms with Crippen LogP contribution in [0.4, 0.5) is 0 Å². The zero-order valence-corrected chi connectivity index (χ0v) is 17.7. The lowest BCUT2D eigenvalue weighted by Gasteiger charge is -2.34. The van der Waals surface area contributed by atoms with Gasteiger partial charge in [0.1, 0.15) is 12.2 Å². The van der Waals surface area contributed by atoms with Gasteiger partial charge in [-0.1, -0.05) is 12.1 Å². The fourth-order valence-corrected chi connectivity index (χ4v) is 4.69. The number of hydrogen-bond acceptors (Lipinski definition) is 5. The van der Waals surface area contributed by atoms with E-state index in [2.05, 4.69) is 25.8 Å². The molecule has 0 unspecified atom stereocenters. The van der Waals surface area contributed by atoms with E-state index in [1.807, 2.05) is 36.4 Å². The van der Waals surface area contributed by atoms with Crippen LogP contribution < -0.4 is 16.4 Å². The summed E-state index contributed by atoms with van der Waals surface area (Å²) in [6.07, 6.45) is 3.55. The van der Waals surface area contributed by atoms with Crippen molar-refractivity contribution in [3.05, 3.63) is 81.9 Å². The third-order valence-electron chi connectivity index (χ3n) is 6.11. The number of H-pyrrole nitrogens is 1. The molecule has 0 saturated heterocycles. The van der Waals surface area contributed by atoms with E-state index in [0.29, 0.717) is 29.9 Å². The number of aromatic nitrogens is 3. The van der Waals surface area contributed by atoms with Gasteiger partial charge in [-0.3, -0.25) is 14.7 Å². The SMILES string of the molecule is CNC(=O)c1ccc2c(c1)CCc1cc(C(=O)NC)ccc1C2(CCN)c1ncn[nH]1. The Hall–Kier alpha value is -3.52. The average molecular weight is 419 g/mol. The van der Waals surface area contributed by atoms with Gasteiger partial charge in [0.25, 0.3) is 11.8 Å². The lowest BCUT2D eigenvalue weighted by atomic mass is 9.69. The van der Waals surface area contributed by atoms with Crippen molar-refractivity contribution < 1.29 is 9.59 Å². The maximum Gasteiger partial charge on any atom is 0.251 e. The van der Waals surface area contributed by atoms with Crippen molar-refractivity contribution >= 4 is 11.8 Å². The van der Waals surface area contributed by atoms with Crippen LogP contribution in [0, 0.1) is 0 Å². The Labute approximate surface area is 180 Å². The van der Waals surface area contributed by atoms with E-state index in [-0.39, 0.29) is 11.8 Å². The molecule has 1 aliphatic carbocycles. The summed E-state index contributed by atoms with van der Waals surface area (Å²) >= 11 is 0. The quantitative estimate of drug-likeness (QED) is 0.497. The van der Waals surface area contributed by atoms with Crippen molar-refractivity contribution in [1.29, 1.82) is 0 Å². The minimum Gasteiger partial charge on any atom is -0.355 e. The van der Waals surface area contributed by atoms with Gasteiger partial charge in [-0.2, -0.15) is 5.10 Å². The van der Waals surface area contributed by atoms with E-state index in [1.54, 1.807) is 14.1 Å². The monoisotopic (exact) mass is 418 g/mol. The maximum absolute atomic E-state index is 12.3. The molecule has 1 aromatic heterocycles. The Bertz CT molecular complexity index is 1060. The number of nitrogens with zero attached hydrogens (tertiary/aromatic N) is 2. The zero-order valence-electron chi connectivity index (χ0n) is 17.7. The molecule has 2 aromatic carbocycles. The molecule has 2 amide bonds. The molecular formula is C23H26N6O2. The number of amides is 2. The summed E-state index contributed by atoms with van der Waals surface area (Å²) in [5.41, 5.74) is 10.9. The van der Waals surface area contributed by atoms with Gasteiger partial charge in [-0.25, -0.2) is 4.98 Å². The molecule has 0 radical (unpaired) electrons. The first kappa shape index (κ1) is 20.7. The van der Waals surface area contributed by atoms with Gasteiger partial charge in [0.15, 0.2) is 0 Å². The number of nitrogens with two attached hydrogens (primary N) is 1. The number of nitrogens with one attached hydrogen (secondary N) is 3. The van der Waals surface area contributed by atoms with Gasteiger partial charge >= 0.3 is 0 Å². The smallest absolute Gasteiger partial charge is 0.251 e. The van der Waals surface area contributed by atoms with Crippen molar-refractivity contribution in [3.63, 3.8) is 0 Å². The second kappa shape index (κ2) is 8.31. The largest absolute Gasteiger partial charge is 0.355 e. The second-order valence-corrected chi connectivity index (χ2v) is 7.68. The highest BCUT2D eigenvalue weighted by Crippen LogP contribution is 2.46. The van der Waals surface area contributed by atoms with Crippen LogP contribution in [0.2, 0.25) is 0 Å². The summed E-state index contributed by atoms with van der Waals surface area (Å²) in [5, 5.41) is 12.6. The van der Waals surface area contributed by atoms with Gasteiger partial charge in [-0.05, 0) is 72.3 Å². The first-order chi connectivity index (χ1) is 15.0. The Morgan fingerprint density at radius 1 is 1.00 bits per heavy atom. The normalized spacial score (nSPS) is 14.2. The van der Waals surface area contributed by atoms with Crippen molar-refractivity contribution in [1.82, 2.24) is 25.8 Å². The van der Waals surface area contributed by atoms with E-state index >= 15 is 0 Å². The van der Waals surface area contributed by atoms with E-state index < -0.39 is 5.41 Å².